The molecule has 62 valence electrons. The van der Waals surface area contributed by atoms with Crippen LogP contribution in [-0.4, -0.2) is 31.2 Å². The van der Waals surface area contributed by atoms with E-state index in [1.54, 1.807) is 0 Å². The Morgan fingerprint density at radius 2 is 2.18 bits per heavy atom. The number of carbonyl (C=O) groups is 1. The van der Waals surface area contributed by atoms with Gasteiger partial charge in [0.15, 0.2) is 0 Å². The molecule has 4 nitrogen and oxygen atoms in total. The molecule has 0 bridgehead atoms. The van der Waals surface area contributed by atoms with E-state index in [0.717, 1.165) is 13.6 Å². The van der Waals surface area contributed by atoms with Crippen molar-refractivity contribution in [3.8, 4) is 0 Å². The molecule has 0 aliphatic rings. The molecule has 0 radical (unpaired) electrons. The maximum atomic E-state index is 10.0. The van der Waals surface area contributed by atoms with E-state index in [2.05, 4.69) is 5.32 Å². The van der Waals surface area contributed by atoms with E-state index in [9.17, 15) is 9.50 Å². The van der Waals surface area contributed by atoms with Crippen LogP contribution in [0, 0.1) is 0 Å². The fraction of sp³-hybridized carbons (Fsp3) is 0.833. The number of carboxylic acids is 1. The van der Waals surface area contributed by atoms with Crippen LogP contribution >= 0.6 is 0 Å². The molecule has 11 heavy (non-hydrogen) atoms. The molecule has 0 aromatic heterocycles. The fourth-order valence-electron chi connectivity index (χ4n) is 0.687. The van der Waals surface area contributed by atoms with Crippen molar-refractivity contribution in [3.05, 3.63) is 0 Å². The number of hydrogen-bond donors (Lipinski definition) is 2. The first-order valence-corrected chi connectivity index (χ1v) is 3.63. The molecular formula is C6H12BNO3. The SMILES string of the molecule is O=BCNCCCCC(=O)O. The molecule has 0 heterocycles. The Hall–Kier alpha value is -0.705. The third kappa shape index (κ3) is 9.29. The Bertz CT molecular complexity index is 129. The van der Waals surface area contributed by atoms with Crippen molar-refractivity contribution in [2.45, 2.75) is 19.3 Å². The second kappa shape index (κ2) is 7.40. The third-order valence-electron chi connectivity index (χ3n) is 1.22. The van der Waals surface area contributed by atoms with E-state index in [0.29, 0.717) is 19.4 Å². The summed E-state index contributed by atoms with van der Waals surface area (Å²) in [7, 11) is 0.789. The predicted octanol–water partition coefficient (Wildman–Crippen LogP) is -0.162. The molecule has 0 saturated heterocycles. The number of rotatable bonds is 7. The van der Waals surface area contributed by atoms with Gasteiger partial charge in [-0.2, -0.15) is 0 Å². The average Bonchev–Trinajstić information content (AvgIpc) is 1.96. The minimum absolute atomic E-state index is 0.211. The molecular weight excluding hydrogens is 145 g/mol. The monoisotopic (exact) mass is 157 g/mol. The van der Waals surface area contributed by atoms with E-state index in [-0.39, 0.29) is 6.42 Å². The summed E-state index contributed by atoms with van der Waals surface area (Å²) in [5.41, 5.74) is 0. The molecule has 0 aliphatic heterocycles. The predicted molar refractivity (Wildman–Crippen MR) is 40.8 cm³/mol. The van der Waals surface area contributed by atoms with E-state index in [1.807, 2.05) is 0 Å². The first-order chi connectivity index (χ1) is 5.27. The second-order valence-corrected chi connectivity index (χ2v) is 2.22. The van der Waals surface area contributed by atoms with Gasteiger partial charge in [0.05, 0.1) is 0 Å². The van der Waals surface area contributed by atoms with Gasteiger partial charge in [0.1, 0.15) is 0 Å². The summed E-state index contributed by atoms with van der Waals surface area (Å²) >= 11 is 0. The molecule has 0 fully saturated rings. The van der Waals surface area contributed by atoms with Crippen molar-refractivity contribution in [3.63, 3.8) is 0 Å². The second-order valence-electron chi connectivity index (χ2n) is 2.22. The molecule has 0 aromatic carbocycles. The topological polar surface area (TPSA) is 66.4 Å². The minimum atomic E-state index is -0.764. The van der Waals surface area contributed by atoms with Gasteiger partial charge in [0, 0.05) is 0 Å². The first-order valence-electron chi connectivity index (χ1n) is 3.63. The Kier molecular flexibility index (Phi) is 6.93. The van der Waals surface area contributed by atoms with Gasteiger partial charge in [-0.05, 0) is 0 Å². The quantitative estimate of drug-likeness (QED) is 0.398. The van der Waals surface area contributed by atoms with Crippen LogP contribution in [0.1, 0.15) is 19.3 Å². The normalized spacial score (nSPS) is 9.09. The first kappa shape index (κ1) is 10.3. The van der Waals surface area contributed by atoms with Crippen molar-refractivity contribution in [2.75, 3.05) is 13.0 Å². The van der Waals surface area contributed by atoms with Crippen LogP contribution in [0.15, 0.2) is 0 Å². The average molecular weight is 157 g/mol. The van der Waals surface area contributed by atoms with Gasteiger partial charge in [0.25, 0.3) is 0 Å². The Morgan fingerprint density at radius 3 is 2.73 bits per heavy atom. The van der Waals surface area contributed by atoms with Gasteiger partial charge in [-0.25, -0.2) is 0 Å². The van der Waals surface area contributed by atoms with E-state index < -0.39 is 5.97 Å². The molecule has 0 saturated carbocycles. The summed E-state index contributed by atoms with van der Waals surface area (Å²) in [4.78, 5) is 10.0. The number of aliphatic carboxylic acids is 1. The molecule has 0 atom stereocenters. The number of nitrogens with one attached hydrogen (secondary N) is 1. The van der Waals surface area contributed by atoms with Crippen LogP contribution in [0.4, 0.5) is 0 Å². The van der Waals surface area contributed by atoms with Crippen LogP contribution < -0.4 is 5.32 Å². The van der Waals surface area contributed by atoms with Crippen molar-refractivity contribution in [1.29, 1.82) is 0 Å². The molecule has 0 aromatic rings. The maximum absolute atomic E-state index is 10.0. The molecule has 0 spiro atoms. The van der Waals surface area contributed by atoms with Gasteiger partial charge in [-0.15, -0.1) is 0 Å². The van der Waals surface area contributed by atoms with Crippen molar-refractivity contribution >= 4 is 13.1 Å². The standard InChI is InChI=1S/C6H12BNO3/c9-6(10)3-1-2-4-8-5-7-11/h8H,1-5H2,(H,9,10). The Balaban J connectivity index is 2.90. The van der Waals surface area contributed by atoms with Gasteiger partial charge in [-0.3, -0.25) is 0 Å². The third-order valence-corrected chi connectivity index (χ3v) is 1.22. The molecule has 0 amide bonds. The summed E-state index contributed by atoms with van der Waals surface area (Å²) in [5, 5.41) is 11.1. The van der Waals surface area contributed by atoms with Crippen molar-refractivity contribution < 1.29 is 14.6 Å². The molecule has 5 heteroatoms. The summed E-state index contributed by atoms with van der Waals surface area (Å²) in [6.45, 7) is 0.714. The van der Waals surface area contributed by atoms with E-state index in [4.69, 9.17) is 5.11 Å². The summed E-state index contributed by atoms with van der Waals surface area (Å²) in [5.74, 6) is -0.764. The zero-order valence-electron chi connectivity index (χ0n) is 6.38. The van der Waals surface area contributed by atoms with Crippen LogP contribution in [0.25, 0.3) is 0 Å². The summed E-state index contributed by atoms with van der Waals surface area (Å²) in [6, 6.07) is 0. The van der Waals surface area contributed by atoms with Gasteiger partial charge < -0.3 is 0 Å². The van der Waals surface area contributed by atoms with Crippen LogP contribution in [0.3, 0.4) is 0 Å². The fourth-order valence-corrected chi connectivity index (χ4v) is 0.687. The number of unbranched alkanes of at least 4 members (excludes halogenated alkanes) is 1. The molecule has 0 unspecified atom stereocenters. The summed E-state index contributed by atoms with van der Waals surface area (Å²) in [6.07, 6.45) is 2.04. The van der Waals surface area contributed by atoms with Gasteiger partial charge >= 0.3 is 65.3 Å². The van der Waals surface area contributed by atoms with E-state index >= 15 is 0 Å². The van der Waals surface area contributed by atoms with Gasteiger partial charge in [0.2, 0.25) is 0 Å². The Labute approximate surface area is 66.2 Å². The molecule has 2 N–H and O–H groups in total. The summed E-state index contributed by atoms with van der Waals surface area (Å²) < 4.78 is 9.79. The Morgan fingerprint density at radius 1 is 1.45 bits per heavy atom. The van der Waals surface area contributed by atoms with Crippen LogP contribution in [-0.2, 0) is 9.50 Å². The zero-order valence-corrected chi connectivity index (χ0v) is 6.38. The van der Waals surface area contributed by atoms with Crippen molar-refractivity contribution in [1.82, 2.24) is 5.32 Å². The van der Waals surface area contributed by atoms with Gasteiger partial charge in [-0.1, -0.05) is 0 Å². The van der Waals surface area contributed by atoms with Crippen LogP contribution in [0.2, 0.25) is 0 Å². The molecule has 0 rings (SSSR count). The number of hydrogen-bond acceptors (Lipinski definition) is 3. The van der Waals surface area contributed by atoms with Crippen molar-refractivity contribution in [2.24, 2.45) is 0 Å². The zero-order chi connectivity index (χ0) is 8.53. The number of carboxylic acid groups (broad SMARTS) is 1. The molecule has 0 aliphatic carbocycles. The van der Waals surface area contributed by atoms with Crippen LogP contribution in [0.5, 0.6) is 0 Å². The van der Waals surface area contributed by atoms with E-state index in [1.165, 1.54) is 0 Å².